The zero-order valence-electron chi connectivity index (χ0n) is 24.6. The summed E-state index contributed by atoms with van der Waals surface area (Å²) in [5, 5.41) is 0.519. The van der Waals surface area contributed by atoms with E-state index in [9.17, 15) is 14.0 Å². The summed E-state index contributed by atoms with van der Waals surface area (Å²) in [6.07, 6.45) is 7.40. The average Bonchev–Trinajstić information content (AvgIpc) is 3.64. The Labute approximate surface area is 262 Å². The highest BCUT2D eigenvalue weighted by atomic mass is 32.2. The number of halogens is 1. The molecule has 0 aliphatic carbocycles. The second-order valence-corrected chi connectivity index (χ2v) is 12.7. The number of hydrogen-bond acceptors (Lipinski definition) is 8. The standard InChI is InChI=1S/C32H32FN5O4S2/c1-20-16-37(17-21(2)42-20)27(39)18-36-11-12-38-31(40)29(41-19-22-7-5-4-6-8-22)28(35-32(36)38)30-34-15-25(44-30)13-23-9-10-24(33)14-26(23)43-3/h4-12,14-15,20-21H,13,16-19H2,1-3H3/t20-,21-/m1/s1. The van der Waals surface area contributed by atoms with E-state index in [1.54, 1.807) is 34.1 Å². The summed E-state index contributed by atoms with van der Waals surface area (Å²) in [5.74, 6) is 0.0459. The van der Waals surface area contributed by atoms with Crippen molar-refractivity contribution in [1.82, 2.24) is 23.8 Å². The number of imidazole rings is 1. The summed E-state index contributed by atoms with van der Waals surface area (Å²) in [6, 6.07) is 14.3. The Morgan fingerprint density at radius 2 is 1.91 bits per heavy atom. The molecular formula is C32H32FN5O4S2. The third kappa shape index (κ3) is 6.42. The van der Waals surface area contributed by atoms with E-state index in [0.29, 0.717) is 36.0 Å². The highest BCUT2D eigenvalue weighted by Gasteiger charge is 2.27. The highest BCUT2D eigenvalue weighted by molar-refractivity contribution is 7.98. The first-order valence-corrected chi connectivity index (χ1v) is 16.3. The second-order valence-electron chi connectivity index (χ2n) is 10.8. The number of thioether (sulfide) groups is 1. The number of aromatic nitrogens is 4. The number of nitrogens with zero attached hydrogens (tertiary/aromatic N) is 5. The fourth-order valence-corrected chi connectivity index (χ4v) is 6.92. The van der Waals surface area contributed by atoms with Crippen molar-refractivity contribution in [2.45, 2.75) is 50.5 Å². The van der Waals surface area contributed by atoms with Gasteiger partial charge in [0.2, 0.25) is 17.4 Å². The molecule has 1 aliphatic heterocycles. The van der Waals surface area contributed by atoms with Crippen molar-refractivity contribution in [2.75, 3.05) is 19.3 Å². The lowest BCUT2D eigenvalue weighted by Gasteiger charge is -2.35. The number of rotatable bonds is 9. The van der Waals surface area contributed by atoms with E-state index in [1.807, 2.05) is 50.4 Å². The Morgan fingerprint density at radius 1 is 1.14 bits per heavy atom. The SMILES string of the molecule is CSc1cc(F)ccc1Cc1cnc(-c2nc3n(CC(=O)N4C[C@@H](C)O[C@H](C)C4)ccn3c(=O)c2OCc2ccccc2)s1. The molecule has 1 fully saturated rings. The highest BCUT2D eigenvalue weighted by Crippen LogP contribution is 2.33. The van der Waals surface area contributed by atoms with E-state index < -0.39 is 0 Å². The van der Waals surface area contributed by atoms with Crippen LogP contribution < -0.4 is 10.3 Å². The molecule has 228 valence electrons. The zero-order chi connectivity index (χ0) is 30.8. The number of carbonyl (C=O) groups excluding carboxylic acids is 1. The number of hydrogen-bond donors (Lipinski definition) is 0. The second kappa shape index (κ2) is 12.9. The number of benzene rings is 2. The minimum absolute atomic E-state index is 0.0250. The summed E-state index contributed by atoms with van der Waals surface area (Å²) in [4.78, 5) is 40.2. The van der Waals surface area contributed by atoms with Gasteiger partial charge in [-0.2, -0.15) is 0 Å². The smallest absolute Gasteiger partial charge is 0.302 e. The van der Waals surface area contributed by atoms with Crippen molar-refractivity contribution in [1.29, 1.82) is 0 Å². The van der Waals surface area contributed by atoms with Gasteiger partial charge >= 0.3 is 5.56 Å². The first-order chi connectivity index (χ1) is 21.3. The van der Waals surface area contributed by atoms with E-state index >= 15 is 0 Å². The maximum absolute atomic E-state index is 13.9. The molecule has 1 amide bonds. The summed E-state index contributed by atoms with van der Waals surface area (Å²) in [6.45, 7) is 5.11. The summed E-state index contributed by atoms with van der Waals surface area (Å²) in [5.41, 5.74) is 1.81. The van der Waals surface area contributed by atoms with Crippen LogP contribution in [0.15, 0.2) is 76.8 Å². The van der Waals surface area contributed by atoms with Gasteiger partial charge in [-0.05, 0) is 43.4 Å². The number of amides is 1. The number of ether oxygens (including phenoxy) is 2. The first-order valence-electron chi connectivity index (χ1n) is 14.3. The molecule has 4 heterocycles. The van der Waals surface area contributed by atoms with Gasteiger partial charge in [0.1, 0.15) is 24.0 Å². The van der Waals surface area contributed by atoms with Gasteiger partial charge in [-0.25, -0.2) is 18.8 Å². The van der Waals surface area contributed by atoms with Crippen molar-refractivity contribution in [3.63, 3.8) is 0 Å². The quantitative estimate of drug-likeness (QED) is 0.204. The Morgan fingerprint density at radius 3 is 2.66 bits per heavy atom. The van der Waals surface area contributed by atoms with Gasteiger partial charge in [-0.3, -0.25) is 9.59 Å². The van der Waals surface area contributed by atoms with Crippen LogP contribution in [0.1, 0.15) is 29.9 Å². The minimum Gasteiger partial charge on any atom is -0.481 e. The van der Waals surface area contributed by atoms with Crippen LogP contribution in [-0.2, 0) is 29.1 Å². The first kappa shape index (κ1) is 30.0. The average molecular weight is 634 g/mol. The van der Waals surface area contributed by atoms with Crippen LogP contribution >= 0.6 is 23.1 Å². The van der Waals surface area contributed by atoms with E-state index in [4.69, 9.17) is 14.5 Å². The number of fused-ring (bicyclic) bond motifs is 1. The largest absolute Gasteiger partial charge is 0.481 e. The zero-order valence-corrected chi connectivity index (χ0v) is 26.2. The maximum Gasteiger partial charge on any atom is 0.302 e. The van der Waals surface area contributed by atoms with Crippen LogP contribution in [0.2, 0.25) is 0 Å². The molecule has 0 unspecified atom stereocenters. The van der Waals surface area contributed by atoms with Crippen LogP contribution in [0.5, 0.6) is 5.75 Å². The van der Waals surface area contributed by atoms with Crippen LogP contribution in [0.4, 0.5) is 4.39 Å². The fourth-order valence-electron chi connectivity index (χ4n) is 5.36. The normalized spacial score (nSPS) is 16.9. The lowest BCUT2D eigenvalue weighted by molar-refractivity contribution is -0.143. The van der Waals surface area contributed by atoms with Gasteiger partial charge in [-0.15, -0.1) is 23.1 Å². The number of morpholine rings is 1. The van der Waals surface area contributed by atoms with Gasteiger partial charge < -0.3 is 18.9 Å². The Bertz CT molecular complexity index is 1840. The molecule has 3 aromatic heterocycles. The third-order valence-electron chi connectivity index (χ3n) is 7.38. The minimum atomic E-state index is -0.388. The number of thiazole rings is 1. The molecule has 2 aromatic carbocycles. The maximum atomic E-state index is 13.9. The van der Waals surface area contributed by atoms with Crippen molar-refractivity contribution in [2.24, 2.45) is 0 Å². The molecule has 12 heteroatoms. The van der Waals surface area contributed by atoms with Gasteiger partial charge in [0, 0.05) is 47.9 Å². The molecule has 6 rings (SSSR count). The molecular weight excluding hydrogens is 602 g/mol. The molecule has 5 aromatic rings. The monoisotopic (exact) mass is 633 g/mol. The molecule has 9 nitrogen and oxygen atoms in total. The van der Waals surface area contributed by atoms with Gasteiger partial charge in [-0.1, -0.05) is 36.4 Å². The van der Waals surface area contributed by atoms with Gasteiger partial charge in [0.25, 0.3) is 0 Å². The van der Waals surface area contributed by atoms with E-state index in [1.165, 1.54) is 39.6 Å². The molecule has 0 radical (unpaired) electrons. The van der Waals surface area contributed by atoms with Gasteiger partial charge in [0.15, 0.2) is 5.69 Å². The molecule has 0 spiro atoms. The van der Waals surface area contributed by atoms with Gasteiger partial charge in [0.05, 0.1) is 12.2 Å². The summed E-state index contributed by atoms with van der Waals surface area (Å²) < 4.78 is 28.8. The molecule has 44 heavy (non-hydrogen) atoms. The van der Waals surface area contributed by atoms with E-state index in [2.05, 4.69) is 4.98 Å². The topological polar surface area (TPSA) is 91.0 Å². The Balaban J connectivity index is 1.36. The summed E-state index contributed by atoms with van der Waals surface area (Å²) in [7, 11) is 0. The lowest BCUT2D eigenvalue weighted by atomic mass is 10.1. The van der Waals surface area contributed by atoms with Crippen molar-refractivity contribution < 1.29 is 18.7 Å². The Hall–Kier alpha value is -4.00. The molecule has 0 N–H and O–H groups in total. The van der Waals surface area contributed by atoms with Crippen LogP contribution in [0.25, 0.3) is 16.5 Å². The van der Waals surface area contributed by atoms with Crippen molar-refractivity contribution >= 4 is 34.8 Å². The fraction of sp³-hybridized carbons (Fsp3) is 0.312. The lowest BCUT2D eigenvalue weighted by Crippen LogP contribution is -2.49. The molecule has 1 saturated heterocycles. The third-order valence-corrected chi connectivity index (χ3v) is 9.21. The van der Waals surface area contributed by atoms with Crippen molar-refractivity contribution in [3.8, 4) is 16.5 Å². The van der Waals surface area contributed by atoms with Crippen LogP contribution in [0, 0.1) is 5.82 Å². The van der Waals surface area contributed by atoms with Crippen LogP contribution in [-0.4, -0.2) is 61.3 Å². The van der Waals surface area contributed by atoms with E-state index in [-0.39, 0.29) is 48.4 Å². The molecule has 2 atom stereocenters. The number of carbonyl (C=O) groups is 1. The Kier molecular flexibility index (Phi) is 8.83. The predicted molar refractivity (Wildman–Crippen MR) is 169 cm³/mol. The summed E-state index contributed by atoms with van der Waals surface area (Å²) >= 11 is 2.89. The van der Waals surface area contributed by atoms with Crippen LogP contribution in [0.3, 0.4) is 0 Å². The van der Waals surface area contributed by atoms with Crippen molar-refractivity contribution in [3.05, 3.63) is 99.3 Å². The molecule has 0 bridgehead atoms. The molecule has 0 saturated carbocycles. The predicted octanol–water partition coefficient (Wildman–Crippen LogP) is 5.29. The van der Waals surface area contributed by atoms with E-state index in [0.717, 1.165) is 20.9 Å². The molecule has 1 aliphatic rings.